The van der Waals surface area contributed by atoms with Gasteiger partial charge in [-0.05, 0) is 74.0 Å². The topological polar surface area (TPSA) is 156 Å². The summed E-state index contributed by atoms with van der Waals surface area (Å²) in [6.45, 7) is 5.11. The Labute approximate surface area is 248 Å². The number of hydrogen-bond donors (Lipinski definition) is 4. The molecule has 0 saturated carbocycles. The Kier molecular flexibility index (Phi) is 10.8. The number of carbonyl (C=O) groups excluding carboxylic acids is 2. The predicted octanol–water partition coefficient (Wildman–Crippen LogP) is 3.95. The van der Waals surface area contributed by atoms with Crippen LogP contribution in [0.5, 0.6) is 0 Å². The van der Waals surface area contributed by atoms with E-state index in [-0.39, 0.29) is 40.5 Å². The van der Waals surface area contributed by atoms with E-state index in [0.717, 1.165) is 24.9 Å². The number of sulfonamides is 1. The molecule has 2 unspecified atom stereocenters. The Morgan fingerprint density at radius 2 is 1.95 bits per heavy atom. The molecule has 0 bridgehead atoms. The molecule has 11 heteroatoms. The standard InChI is InChI=1S/C31H40N6O4S/c1-3-22-15-17-33-20-24(22)31(39)27(10-7-8-21-11-14-29(32)35-19-21)37-42(40,41)28-18-23(25-9-5-6-16-34-25)12-13-26(28)36-30(38)4-2/h5-6,9,11-14,16,18-19,22,24,27,33,37H,3-4,7-8,10,15,17,20H2,1-2H3,(H2,32,35)(H,36,38)/t22?,24?,27-/m0/s1. The number of piperidine rings is 1. The van der Waals surface area contributed by atoms with E-state index in [1.165, 1.54) is 6.07 Å². The Balaban J connectivity index is 1.66. The molecule has 1 aliphatic rings. The molecule has 1 amide bonds. The van der Waals surface area contributed by atoms with Crippen molar-refractivity contribution in [2.75, 3.05) is 24.1 Å². The van der Waals surface area contributed by atoms with E-state index < -0.39 is 16.1 Å². The van der Waals surface area contributed by atoms with Crippen molar-refractivity contribution in [3.05, 3.63) is 66.5 Å². The molecular weight excluding hydrogens is 552 g/mol. The second kappa shape index (κ2) is 14.5. The average molecular weight is 593 g/mol. The number of amides is 1. The van der Waals surface area contributed by atoms with Crippen LogP contribution in [-0.4, -0.2) is 49.2 Å². The van der Waals surface area contributed by atoms with Gasteiger partial charge >= 0.3 is 0 Å². The van der Waals surface area contributed by atoms with Gasteiger partial charge in [0.15, 0.2) is 5.78 Å². The highest BCUT2D eigenvalue weighted by Crippen LogP contribution is 2.30. The smallest absolute Gasteiger partial charge is 0.243 e. The Morgan fingerprint density at radius 3 is 2.64 bits per heavy atom. The number of nitrogens with zero attached hydrogens (tertiary/aromatic N) is 2. The molecule has 1 aromatic carbocycles. The molecule has 4 rings (SSSR count). The monoisotopic (exact) mass is 592 g/mol. The van der Waals surface area contributed by atoms with Gasteiger partial charge in [0.25, 0.3) is 0 Å². The van der Waals surface area contributed by atoms with Crippen LogP contribution in [0.3, 0.4) is 0 Å². The maximum Gasteiger partial charge on any atom is 0.243 e. The van der Waals surface area contributed by atoms with Crippen molar-refractivity contribution in [3.8, 4) is 11.3 Å². The van der Waals surface area contributed by atoms with E-state index in [9.17, 15) is 18.0 Å². The first kappa shape index (κ1) is 31.3. The van der Waals surface area contributed by atoms with Crippen molar-refractivity contribution in [1.29, 1.82) is 0 Å². The third-order valence-electron chi connectivity index (χ3n) is 7.79. The van der Waals surface area contributed by atoms with Crippen molar-refractivity contribution in [2.24, 2.45) is 11.8 Å². The molecule has 42 heavy (non-hydrogen) atoms. The molecule has 3 heterocycles. The summed E-state index contributed by atoms with van der Waals surface area (Å²) >= 11 is 0. The van der Waals surface area contributed by atoms with E-state index in [2.05, 4.69) is 32.2 Å². The fraction of sp³-hybridized carbons (Fsp3) is 0.419. The molecule has 5 N–H and O–H groups in total. The first-order valence-electron chi connectivity index (χ1n) is 14.5. The number of pyridine rings is 2. The zero-order valence-corrected chi connectivity index (χ0v) is 25.0. The fourth-order valence-corrected chi connectivity index (χ4v) is 6.80. The molecule has 1 aliphatic heterocycles. The van der Waals surface area contributed by atoms with Crippen LogP contribution in [0, 0.1) is 11.8 Å². The number of Topliss-reactive ketones (excluding diaryl/α,β-unsaturated/α-hetero) is 1. The van der Waals surface area contributed by atoms with Crippen molar-refractivity contribution in [1.82, 2.24) is 20.0 Å². The number of hydrogen-bond acceptors (Lipinski definition) is 8. The molecule has 10 nitrogen and oxygen atoms in total. The van der Waals surface area contributed by atoms with Crippen LogP contribution in [0.25, 0.3) is 11.3 Å². The Bertz CT molecular complexity index is 1460. The Hall–Kier alpha value is -3.67. The first-order valence-corrected chi connectivity index (χ1v) is 16.0. The van der Waals surface area contributed by atoms with E-state index in [0.29, 0.717) is 42.9 Å². The van der Waals surface area contributed by atoms with Gasteiger partial charge in [0, 0.05) is 36.8 Å². The molecule has 0 aliphatic carbocycles. The fourth-order valence-electron chi connectivity index (χ4n) is 5.38. The third kappa shape index (κ3) is 7.99. The van der Waals surface area contributed by atoms with Crippen molar-refractivity contribution in [3.63, 3.8) is 0 Å². The Morgan fingerprint density at radius 1 is 1.12 bits per heavy atom. The summed E-state index contributed by atoms with van der Waals surface area (Å²) in [5.41, 5.74) is 7.98. The number of rotatable bonds is 13. The van der Waals surface area contributed by atoms with Gasteiger partial charge in [0.05, 0.1) is 17.4 Å². The SMILES string of the molecule is CCC(=O)Nc1ccc(-c2ccccn2)cc1S(=O)(=O)N[C@@H](CCCc1ccc(N)nc1)C(=O)C1CNCCC1CC. The summed E-state index contributed by atoms with van der Waals surface area (Å²) in [5.74, 6) is -0.129. The molecule has 3 atom stereocenters. The van der Waals surface area contributed by atoms with Gasteiger partial charge in [-0.2, -0.15) is 0 Å². The van der Waals surface area contributed by atoms with E-state index >= 15 is 0 Å². The van der Waals surface area contributed by atoms with Gasteiger partial charge in [-0.15, -0.1) is 0 Å². The lowest BCUT2D eigenvalue weighted by molar-refractivity contribution is -0.127. The van der Waals surface area contributed by atoms with Gasteiger partial charge in [0.1, 0.15) is 10.7 Å². The maximum absolute atomic E-state index is 14.1. The molecule has 1 fully saturated rings. The van der Waals surface area contributed by atoms with Crippen LogP contribution in [0.15, 0.2) is 65.8 Å². The summed E-state index contributed by atoms with van der Waals surface area (Å²) in [5, 5.41) is 6.01. The minimum absolute atomic E-state index is 0.109. The lowest BCUT2D eigenvalue weighted by Crippen LogP contribution is -2.50. The number of benzene rings is 1. The predicted molar refractivity (Wildman–Crippen MR) is 164 cm³/mol. The summed E-state index contributed by atoms with van der Waals surface area (Å²) < 4.78 is 30.8. The number of ketones is 1. The number of aryl methyl sites for hydroxylation is 1. The van der Waals surface area contributed by atoms with Gasteiger partial charge in [-0.25, -0.2) is 18.1 Å². The van der Waals surface area contributed by atoms with Gasteiger partial charge in [-0.3, -0.25) is 14.6 Å². The van der Waals surface area contributed by atoms with E-state index in [4.69, 9.17) is 5.73 Å². The highest BCUT2D eigenvalue weighted by molar-refractivity contribution is 7.89. The number of nitrogens with two attached hydrogens (primary N) is 1. The van der Waals surface area contributed by atoms with Gasteiger partial charge in [0.2, 0.25) is 15.9 Å². The quantitative estimate of drug-likeness (QED) is 0.232. The molecular formula is C31H40N6O4S. The van der Waals surface area contributed by atoms with Gasteiger partial charge < -0.3 is 16.4 Å². The third-order valence-corrected chi connectivity index (χ3v) is 9.30. The van der Waals surface area contributed by atoms with Crippen LogP contribution >= 0.6 is 0 Å². The van der Waals surface area contributed by atoms with E-state index in [1.54, 1.807) is 49.6 Å². The highest BCUT2D eigenvalue weighted by atomic mass is 32.2. The van der Waals surface area contributed by atoms with Crippen LogP contribution in [0.4, 0.5) is 11.5 Å². The van der Waals surface area contributed by atoms with Crippen molar-refractivity contribution < 1.29 is 18.0 Å². The number of nitrogens with one attached hydrogen (secondary N) is 3. The number of aromatic nitrogens is 2. The highest BCUT2D eigenvalue weighted by Gasteiger charge is 2.36. The first-order chi connectivity index (χ1) is 20.2. The molecule has 1 saturated heterocycles. The minimum atomic E-state index is -4.25. The summed E-state index contributed by atoms with van der Waals surface area (Å²) in [7, 11) is -4.25. The lowest BCUT2D eigenvalue weighted by Gasteiger charge is -2.33. The molecule has 2 aromatic heterocycles. The average Bonchev–Trinajstić information content (AvgIpc) is 3.01. The maximum atomic E-state index is 14.1. The molecule has 0 radical (unpaired) electrons. The van der Waals surface area contributed by atoms with E-state index in [1.807, 2.05) is 12.1 Å². The second-order valence-electron chi connectivity index (χ2n) is 10.7. The normalized spacial score (nSPS) is 17.9. The van der Waals surface area contributed by atoms with Crippen LogP contribution in [0.1, 0.15) is 51.5 Å². The van der Waals surface area contributed by atoms with Crippen molar-refractivity contribution >= 4 is 33.2 Å². The lowest BCUT2D eigenvalue weighted by atomic mass is 9.79. The summed E-state index contributed by atoms with van der Waals surface area (Å²) in [4.78, 5) is 34.7. The van der Waals surface area contributed by atoms with Crippen LogP contribution < -0.4 is 21.1 Å². The molecule has 3 aromatic rings. The number of carbonyl (C=O) groups is 2. The van der Waals surface area contributed by atoms with Crippen LogP contribution in [-0.2, 0) is 26.0 Å². The summed E-state index contributed by atoms with van der Waals surface area (Å²) in [6, 6.07) is 12.8. The summed E-state index contributed by atoms with van der Waals surface area (Å²) in [6.07, 6.45) is 6.70. The molecule has 224 valence electrons. The van der Waals surface area contributed by atoms with Gasteiger partial charge in [-0.1, -0.05) is 38.5 Å². The zero-order valence-electron chi connectivity index (χ0n) is 24.2. The van der Waals surface area contributed by atoms with Crippen molar-refractivity contribution in [2.45, 2.75) is 63.3 Å². The van der Waals surface area contributed by atoms with Crippen LogP contribution in [0.2, 0.25) is 0 Å². The molecule has 0 spiro atoms. The minimum Gasteiger partial charge on any atom is -0.384 e. The largest absolute Gasteiger partial charge is 0.384 e. The number of anilines is 2. The zero-order chi connectivity index (χ0) is 30.1. The second-order valence-corrected chi connectivity index (χ2v) is 12.3. The number of nitrogen functional groups attached to an aromatic ring is 1.